The van der Waals surface area contributed by atoms with Gasteiger partial charge in [-0.15, -0.1) is 0 Å². The molecular formula is C13H13BrFNO. The van der Waals surface area contributed by atoms with Crippen LogP contribution in [0.4, 0.5) is 4.39 Å². The summed E-state index contributed by atoms with van der Waals surface area (Å²) in [5, 5.41) is 0. The van der Waals surface area contributed by atoms with E-state index < -0.39 is 0 Å². The van der Waals surface area contributed by atoms with Crippen LogP contribution < -0.4 is 5.73 Å². The van der Waals surface area contributed by atoms with Crippen LogP contribution in [0.2, 0.25) is 0 Å². The van der Waals surface area contributed by atoms with Crippen molar-refractivity contribution in [2.45, 2.75) is 19.4 Å². The topological polar surface area (TPSA) is 39.2 Å². The van der Waals surface area contributed by atoms with Crippen molar-refractivity contribution < 1.29 is 8.81 Å². The number of nitrogens with two attached hydrogens (primary N) is 1. The van der Waals surface area contributed by atoms with Crippen LogP contribution in [-0.2, 0) is 6.42 Å². The van der Waals surface area contributed by atoms with Gasteiger partial charge in [-0.05, 0) is 43.2 Å². The van der Waals surface area contributed by atoms with E-state index in [1.165, 1.54) is 6.07 Å². The molecule has 2 N–H and O–H groups in total. The zero-order valence-corrected chi connectivity index (χ0v) is 11.0. The molecule has 0 aliphatic heterocycles. The Hall–Kier alpha value is -1.13. The molecule has 0 saturated heterocycles. The van der Waals surface area contributed by atoms with Crippen LogP contribution in [0.1, 0.15) is 23.1 Å². The molecule has 0 aliphatic rings. The Balaban J connectivity index is 2.15. The fourth-order valence-electron chi connectivity index (χ4n) is 1.68. The number of halogens is 2. The second kappa shape index (κ2) is 5.02. The first-order valence-corrected chi connectivity index (χ1v) is 6.11. The van der Waals surface area contributed by atoms with Gasteiger partial charge in [0.05, 0.1) is 6.04 Å². The van der Waals surface area contributed by atoms with E-state index in [-0.39, 0.29) is 11.9 Å². The predicted molar refractivity (Wildman–Crippen MR) is 68.2 cm³/mol. The third-order valence-corrected chi connectivity index (χ3v) is 3.07. The number of furan rings is 1. The SMILES string of the molecule is Cc1ccc(C(N)Cc2ccc(Br)cc2F)o1. The van der Waals surface area contributed by atoms with Crippen LogP contribution in [0.25, 0.3) is 0 Å². The molecule has 90 valence electrons. The average Bonchev–Trinajstić information content (AvgIpc) is 2.69. The van der Waals surface area contributed by atoms with Gasteiger partial charge < -0.3 is 10.2 Å². The predicted octanol–water partition coefficient (Wildman–Crippen LogP) is 3.73. The maximum Gasteiger partial charge on any atom is 0.127 e. The lowest BCUT2D eigenvalue weighted by Gasteiger charge is -2.09. The molecule has 0 aliphatic carbocycles. The van der Waals surface area contributed by atoms with Crippen molar-refractivity contribution in [2.24, 2.45) is 5.73 Å². The third kappa shape index (κ3) is 2.96. The highest BCUT2D eigenvalue weighted by Crippen LogP contribution is 2.22. The van der Waals surface area contributed by atoms with Gasteiger partial charge in [-0.25, -0.2) is 4.39 Å². The molecule has 0 saturated carbocycles. The van der Waals surface area contributed by atoms with Crippen LogP contribution in [-0.4, -0.2) is 0 Å². The van der Waals surface area contributed by atoms with Gasteiger partial charge in [0.15, 0.2) is 0 Å². The van der Waals surface area contributed by atoms with Crippen molar-refractivity contribution in [1.82, 2.24) is 0 Å². The molecule has 2 rings (SSSR count). The molecule has 0 spiro atoms. The van der Waals surface area contributed by atoms with E-state index in [0.29, 0.717) is 17.7 Å². The Morgan fingerprint density at radius 1 is 1.35 bits per heavy atom. The maximum atomic E-state index is 13.6. The third-order valence-electron chi connectivity index (χ3n) is 2.58. The van der Waals surface area contributed by atoms with Gasteiger partial charge in [-0.3, -0.25) is 0 Å². The summed E-state index contributed by atoms with van der Waals surface area (Å²) in [6, 6.07) is 8.34. The Kier molecular flexibility index (Phi) is 3.64. The minimum atomic E-state index is -0.320. The standard InChI is InChI=1S/C13H13BrFNO/c1-8-2-5-13(17-8)12(16)6-9-3-4-10(14)7-11(9)15/h2-5,7,12H,6,16H2,1H3. The highest BCUT2D eigenvalue weighted by Gasteiger charge is 2.13. The molecule has 1 aromatic carbocycles. The van der Waals surface area contributed by atoms with Crippen molar-refractivity contribution in [3.8, 4) is 0 Å². The van der Waals surface area contributed by atoms with E-state index in [1.807, 2.05) is 19.1 Å². The zero-order chi connectivity index (χ0) is 12.4. The molecule has 4 heteroatoms. The maximum absolute atomic E-state index is 13.6. The molecule has 2 aromatic rings. The zero-order valence-electron chi connectivity index (χ0n) is 9.41. The van der Waals surface area contributed by atoms with Gasteiger partial charge in [-0.1, -0.05) is 22.0 Å². The average molecular weight is 298 g/mol. The Bertz CT molecular complexity index is 524. The van der Waals surface area contributed by atoms with Crippen molar-refractivity contribution in [3.63, 3.8) is 0 Å². The van der Waals surface area contributed by atoms with Crippen LogP contribution in [0.3, 0.4) is 0 Å². The van der Waals surface area contributed by atoms with Crippen LogP contribution in [0.5, 0.6) is 0 Å². The number of hydrogen-bond acceptors (Lipinski definition) is 2. The summed E-state index contributed by atoms with van der Waals surface area (Å²) in [4.78, 5) is 0. The molecule has 2 nitrogen and oxygen atoms in total. The summed E-state index contributed by atoms with van der Waals surface area (Å²) in [5.74, 6) is 1.25. The second-order valence-electron chi connectivity index (χ2n) is 3.99. The first-order chi connectivity index (χ1) is 8.06. The van der Waals surface area contributed by atoms with Crippen molar-refractivity contribution in [1.29, 1.82) is 0 Å². The number of hydrogen-bond donors (Lipinski definition) is 1. The lowest BCUT2D eigenvalue weighted by molar-refractivity contribution is 0.442. The second-order valence-corrected chi connectivity index (χ2v) is 4.91. The Morgan fingerprint density at radius 2 is 2.12 bits per heavy atom. The fraction of sp³-hybridized carbons (Fsp3) is 0.231. The first kappa shape index (κ1) is 12.3. The molecule has 1 aromatic heterocycles. The first-order valence-electron chi connectivity index (χ1n) is 5.32. The van der Waals surface area contributed by atoms with E-state index in [1.54, 1.807) is 12.1 Å². The van der Waals surface area contributed by atoms with Gasteiger partial charge in [0.2, 0.25) is 0 Å². The molecule has 0 radical (unpaired) electrons. The summed E-state index contributed by atoms with van der Waals surface area (Å²) in [6.07, 6.45) is 0.423. The van der Waals surface area contributed by atoms with Crippen LogP contribution >= 0.6 is 15.9 Å². The van der Waals surface area contributed by atoms with Gasteiger partial charge in [-0.2, -0.15) is 0 Å². The molecular weight excluding hydrogens is 285 g/mol. The van der Waals surface area contributed by atoms with E-state index in [0.717, 1.165) is 10.2 Å². The fourth-order valence-corrected chi connectivity index (χ4v) is 2.01. The van der Waals surface area contributed by atoms with Crippen molar-refractivity contribution in [2.75, 3.05) is 0 Å². The normalized spacial score (nSPS) is 12.7. The molecule has 0 bridgehead atoms. The number of benzene rings is 1. The molecule has 0 fully saturated rings. The largest absolute Gasteiger partial charge is 0.465 e. The molecule has 1 heterocycles. The quantitative estimate of drug-likeness (QED) is 0.937. The Morgan fingerprint density at radius 3 is 2.71 bits per heavy atom. The number of aryl methyl sites for hydroxylation is 1. The molecule has 1 atom stereocenters. The van der Waals surface area contributed by atoms with Gasteiger partial charge in [0.1, 0.15) is 17.3 Å². The van der Waals surface area contributed by atoms with Crippen molar-refractivity contribution in [3.05, 3.63) is 57.7 Å². The van der Waals surface area contributed by atoms with Crippen molar-refractivity contribution >= 4 is 15.9 Å². The summed E-state index contributed by atoms with van der Waals surface area (Å²) < 4.78 is 19.8. The van der Waals surface area contributed by atoms with E-state index >= 15 is 0 Å². The van der Waals surface area contributed by atoms with E-state index in [4.69, 9.17) is 10.2 Å². The monoisotopic (exact) mass is 297 g/mol. The minimum absolute atomic E-state index is 0.252. The minimum Gasteiger partial charge on any atom is -0.465 e. The smallest absolute Gasteiger partial charge is 0.127 e. The molecule has 17 heavy (non-hydrogen) atoms. The van der Waals surface area contributed by atoms with Crippen LogP contribution in [0, 0.1) is 12.7 Å². The molecule has 0 amide bonds. The summed E-state index contributed by atoms with van der Waals surface area (Å²) >= 11 is 3.22. The van der Waals surface area contributed by atoms with Crippen LogP contribution in [0.15, 0.2) is 39.2 Å². The highest BCUT2D eigenvalue weighted by molar-refractivity contribution is 9.10. The summed E-state index contributed by atoms with van der Waals surface area (Å²) in [7, 11) is 0. The lowest BCUT2D eigenvalue weighted by atomic mass is 10.0. The highest BCUT2D eigenvalue weighted by atomic mass is 79.9. The summed E-state index contributed by atoms with van der Waals surface area (Å²) in [5.41, 5.74) is 6.57. The number of rotatable bonds is 3. The van der Waals surface area contributed by atoms with Gasteiger partial charge in [0, 0.05) is 4.47 Å². The Labute approximate surface area is 108 Å². The summed E-state index contributed by atoms with van der Waals surface area (Å²) in [6.45, 7) is 1.86. The molecule has 1 unspecified atom stereocenters. The van der Waals surface area contributed by atoms with Gasteiger partial charge in [0.25, 0.3) is 0 Å². The van der Waals surface area contributed by atoms with E-state index in [9.17, 15) is 4.39 Å². The van der Waals surface area contributed by atoms with E-state index in [2.05, 4.69) is 15.9 Å². The lowest BCUT2D eigenvalue weighted by Crippen LogP contribution is -2.13. The van der Waals surface area contributed by atoms with Gasteiger partial charge >= 0.3 is 0 Å².